The highest BCUT2D eigenvalue weighted by molar-refractivity contribution is 7.27. The Kier molecular flexibility index (Phi) is 4.30. The van der Waals surface area contributed by atoms with Crippen LogP contribution in [0.25, 0.3) is 0 Å². The zero-order valence-corrected chi connectivity index (χ0v) is 9.20. The number of carbonyl (C=O) groups excluding carboxylic acids is 1. The average molecular weight is 231 g/mol. The van der Waals surface area contributed by atoms with E-state index >= 15 is 0 Å². The SMILES string of the molecule is NC(CC=O)Cc1cc(F)c(P)cc1F. The van der Waals surface area contributed by atoms with E-state index < -0.39 is 17.7 Å². The second kappa shape index (κ2) is 5.29. The van der Waals surface area contributed by atoms with Crippen molar-refractivity contribution in [2.75, 3.05) is 0 Å². The van der Waals surface area contributed by atoms with Crippen molar-refractivity contribution in [3.63, 3.8) is 0 Å². The number of rotatable bonds is 4. The predicted octanol–water partition coefficient (Wildman–Crippen LogP) is 0.924. The van der Waals surface area contributed by atoms with E-state index in [1.54, 1.807) is 0 Å². The van der Waals surface area contributed by atoms with Crippen LogP contribution in [0.2, 0.25) is 0 Å². The van der Waals surface area contributed by atoms with Crippen LogP contribution < -0.4 is 11.0 Å². The molecule has 0 aliphatic heterocycles. The lowest BCUT2D eigenvalue weighted by Gasteiger charge is -2.09. The molecule has 0 heterocycles. The molecule has 0 amide bonds. The van der Waals surface area contributed by atoms with Gasteiger partial charge in [0.25, 0.3) is 0 Å². The Morgan fingerprint density at radius 1 is 1.40 bits per heavy atom. The van der Waals surface area contributed by atoms with Gasteiger partial charge in [0, 0.05) is 17.8 Å². The fraction of sp³-hybridized carbons (Fsp3) is 0.300. The van der Waals surface area contributed by atoms with Gasteiger partial charge in [-0.05, 0) is 24.1 Å². The van der Waals surface area contributed by atoms with Crippen molar-refractivity contribution in [1.82, 2.24) is 0 Å². The van der Waals surface area contributed by atoms with E-state index in [-0.39, 0.29) is 23.7 Å². The maximum atomic E-state index is 13.3. The first kappa shape index (κ1) is 12.2. The number of nitrogens with two attached hydrogens (primary N) is 1. The minimum atomic E-state index is -0.497. The normalized spacial score (nSPS) is 12.5. The molecule has 82 valence electrons. The molecule has 5 heteroatoms. The average Bonchev–Trinajstić information content (AvgIpc) is 2.14. The summed E-state index contributed by atoms with van der Waals surface area (Å²) in [7, 11) is 2.11. The van der Waals surface area contributed by atoms with Crippen molar-refractivity contribution in [3.8, 4) is 0 Å². The first-order valence-electron chi connectivity index (χ1n) is 4.47. The maximum absolute atomic E-state index is 13.3. The lowest BCUT2D eigenvalue weighted by Crippen LogP contribution is -2.24. The van der Waals surface area contributed by atoms with Crippen LogP contribution in [0.4, 0.5) is 8.78 Å². The van der Waals surface area contributed by atoms with Gasteiger partial charge >= 0.3 is 0 Å². The van der Waals surface area contributed by atoms with Crippen LogP contribution in [-0.2, 0) is 11.2 Å². The molecule has 0 fully saturated rings. The monoisotopic (exact) mass is 231 g/mol. The van der Waals surface area contributed by atoms with E-state index in [2.05, 4.69) is 9.24 Å². The smallest absolute Gasteiger partial charge is 0.130 e. The van der Waals surface area contributed by atoms with Gasteiger partial charge in [-0.1, -0.05) is 0 Å². The molecule has 1 rings (SSSR count). The predicted molar refractivity (Wildman–Crippen MR) is 58.1 cm³/mol. The fourth-order valence-electron chi connectivity index (χ4n) is 1.25. The second-order valence-corrected chi connectivity index (χ2v) is 3.95. The van der Waals surface area contributed by atoms with Crippen molar-refractivity contribution in [2.45, 2.75) is 18.9 Å². The van der Waals surface area contributed by atoms with E-state index in [1.807, 2.05) is 0 Å². The van der Waals surface area contributed by atoms with Gasteiger partial charge in [-0.3, -0.25) is 0 Å². The Bertz CT molecular complexity index is 371. The molecule has 15 heavy (non-hydrogen) atoms. The van der Waals surface area contributed by atoms with Crippen LogP contribution in [0, 0.1) is 11.6 Å². The molecule has 0 aliphatic carbocycles. The number of hydrogen-bond acceptors (Lipinski definition) is 2. The highest BCUT2D eigenvalue weighted by Gasteiger charge is 2.10. The standard InChI is InChI=1S/C10H12F2NOP/c11-8-5-10(15)9(12)4-6(8)3-7(13)1-2-14/h2,4-5,7H,1,3,13,15H2. The van der Waals surface area contributed by atoms with Crippen LogP contribution in [0.3, 0.4) is 0 Å². The van der Waals surface area contributed by atoms with Gasteiger partial charge in [-0.25, -0.2) is 8.78 Å². The van der Waals surface area contributed by atoms with Crippen LogP contribution in [0.1, 0.15) is 12.0 Å². The molecule has 0 spiro atoms. The van der Waals surface area contributed by atoms with Gasteiger partial charge in [-0.15, -0.1) is 9.24 Å². The van der Waals surface area contributed by atoms with Crippen LogP contribution in [-0.4, -0.2) is 12.3 Å². The summed E-state index contributed by atoms with van der Waals surface area (Å²) < 4.78 is 26.4. The van der Waals surface area contributed by atoms with E-state index in [1.165, 1.54) is 0 Å². The summed E-state index contributed by atoms with van der Waals surface area (Å²) >= 11 is 0. The summed E-state index contributed by atoms with van der Waals surface area (Å²) in [6.07, 6.45) is 0.971. The Hall–Kier alpha value is -0.860. The lowest BCUT2D eigenvalue weighted by molar-refractivity contribution is -0.108. The van der Waals surface area contributed by atoms with Gasteiger partial charge in [0.2, 0.25) is 0 Å². The molecule has 1 aromatic rings. The fourth-order valence-corrected chi connectivity index (χ4v) is 1.48. The molecule has 2 atom stereocenters. The molecular formula is C10H12F2NOP. The Labute approximate surface area is 89.1 Å². The summed E-state index contributed by atoms with van der Waals surface area (Å²) in [5.41, 5.74) is 5.75. The molecule has 0 aliphatic rings. The van der Waals surface area contributed by atoms with Crippen LogP contribution in [0.15, 0.2) is 12.1 Å². The number of aldehydes is 1. The third-order valence-corrected chi connectivity index (χ3v) is 2.49. The topological polar surface area (TPSA) is 43.1 Å². The Morgan fingerprint density at radius 3 is 2.67 bits per heavy atom. The summed E-state index contributed by atoms with van der Waals surface area (Å²) in [6, 6.07) is 1.75. The molecule has 0 bridgehead atoms. The molecule has 2 unspecified atom stereocenters. The third-order valence-electron chi connectivity index (χ3n) is 2.05. The number of benzene rings is 1. The van der Waals surface area contributed by atoms with Gasteiger partial charge in [0.15, 0.2) is 0 Å². The van der Waals surface area contributed by atoms with Crippen molar-refractivity contribution >= 4 is 20.8 Å². The van der Waals surface area contributed by atoms with E-state index in [4.69, 9.17) is 5.73 Å². The van der Waals surface area contributed by atoms with Gasteiger partial charge in [0.1, 0.15) is 17.9 Å². The van der Waals surface area contributed by atoms with Crippen LogP contribution >= 0.6 is 9.24 Å². The van der Waals surface area contributed by atoms with Gasteiger partial charge in [-0.2, -0.15) is 0 Å². The minimum Gasteiger partial charge on any atom is -0.327 e. The van der Waals surface area contributed by atoms with Crippen LogP contribution in [0.5, 0.6) is 0 Å². The van der Waals surface area contributed by atoms with Gasteiger partial charge < -0.3 is 10.5 Å². The van der Waals surface area contributed by atoms with E-state index in [9.17, 15) is 13.6 Å². The van der Waals surface area contributed by atoms with Crippen molar-refractivity contribution in [3.05, 3.63) is 29.3 Å². The first-order chi connectivity index (χ1) is 7.04. The number of halogens is 2. The Balaban J connectivity index is 2.85. The third kappa shape index (κ3) is 3.33. The summed E-state index contributed by atoms with van der Waals surface area (Å²) in [5.74, 6) is -0.988. The van der Waals surface area contributed by atoms with Crippen molar-refractivity contribution in [1.29, 1.82) is 0 Å². The zero-order valence-electron chi connectivity index (χ0n) is 8.04. The van der Waals surface area contributed by atoms with E-state index in [0.717, 1.165) is 12.1 Å². The molecule has 0 saturated carbocycles. The maximum Gasteiger partial charge on any atom is 0.130 e. The zero-order chi connectivity index (χ0) is 11.4. The van der Waals surface area contributed by atoms with Crippen molar-refractivity contribution < 1.29 is 13.6 Å². The number of carbonyl (C=O) groups is 1. The summed E-state index contributed by atoms with van der Waals surface area (Å²) in [5, 5.41) is 0.181. The summed E-state index contributed by atoms with van der Waals surface area (Å²) in [4.78, 5) is 10.2. The highest BCUT2D eigenvalue weighted by Crippen LogP contribution is 2.12. The number of hydrogen-bond donors (Lipinski definition) is 1. The molecule has 2 N–H and O–H groups in total. The molecule has 0 saturated heterocycles. The Morgan fingerprint density at radius 2 is 2.07 bits per heavy atom. The second-order valence-electron chi connectivity index (χ2n) is 3.33. The summed E-state index contributed by atoms with van der Waals surface area (Å²) in [6.45, 7) is 0. The quantitative estimate of drug-likeness (QED) is 0.618. The molecule has 0 aromatic heterocycles. The van der Waals surface area contributed by atoms with Crippen molar-refractivity contribution in [2.24, 2.45) is 5.73 Å². The molecule has 0 radical (unpaired) electrons. The van der Waals surface area contributed by atoms with E-state index in [0.29, 0.717) is 6.29 Å². The highest BCUT2D eigenvalue weighted by atomic mass is 31.0. The molecular weight excluding hydrogens is 219 g/mol. The minimum absolute atomic E-state index is 0.143. The first-order valence-corrected chi connectivity index (χ1v) is 5.05. The molecule has 1 aromatic carbocycles. The lowest BCUT2D eigenvalue weighted by atomic mass is 10.0. The van der Waals surface area contributed by atoms with Gasteiger partial charge in [0.05, 0.1) is 0 Å². The molecule has 2 nitrogen and oxygen atoms in total. The largest absolute Gasteiger partial charge is 0.327 e.